The van der Waals surface area contributed by atoms with E-state index in [1.54, 1.807) is 0 Å². The summed E-state index contributed by atoms with van der Waals surface area (Å²) in [5.41, 5.74) is 9.57. The van der Waals surface area contributed by atoms with E-state index < -0.39 is 0 Å². The summed E-state index contributed by atoms with van der Waals surface area (Å²) in [6, 6.07) is 7.15. The highest BCUT2D eigenvalue weighted by molar-refractivity contribution is 5.51. The van der Waals surface area contributed by atoms with Gasteiger partial charge in [-0.05, 0) is 56.5 Å². The van der Waals surface area contributed by atoms with E-state index in [0.717, 1.165) is 19.4 Å². The number of rotatable bonds is 4. The van der Waals surface area contributed by atoms with Crippen LogP contribution in [0.1, 0.15) is 24.5 Å². The Labute approximate surface area is 110 Å². The molecule has 1 aromatic rings. The van der Waals surface area contributed by atoms with E-state index in [1.165, 1.54) is 16.8 Å². The lowest BCUT2D eigenvalue weighted by molar-refractivity contribution is 0.118. The summed E-state index contributed by atoms with van der Waals surface area (Å²) in [7, 11) is 2.16. The molecule has 3 heteroatoms. The van der Waals surface area contributed by atoms with E-state index in [9.17, 15) is 0 Å². The fourth-order valence-corrected chi connectivity index (χ4v) is 2.76. The molecular weight excluding hydrogens is 224 g/mol. The maximum Gasteiger partial charge on any atom is 0.0750 e. The van der Waals surface area contributed by atoms with Crippen LogP contribution in [0.3, 0.4) is 0 Å². The van der Waals surface area contributed by atoms with E-state index >= 15 is 0 Å². The molecule has 1 aliphatic rings. The summed E-state index contributed by atoms with van der Waals surface area (Å²) in [6.45, 7) is 5.91. The predicted molar refractivity (Wildman–Crippen MR) is 76.2 cm³/mol. The zero-order valence-electron chi connectivity index (χ0n) is 11.6. The van der Waals surface area contributed by atoms with Gasteiger partial charge < -0.3 is 15.4 Å². The van der Waals surface area contributed by atoms with Gasteiger partial charge in [-0.15, -0.1) is 0 Å². The number of hydrogen-bond acceptors (Lipinski definition) is 3. The smallest absolute Gasteiger partial charge is 0.0750 e. The topological polar surface area (TPSA) is 38.5 Å². The van der Waals surface area contributed by atoms with Crippen molar-refractivity contribution in [3.63, 3.8) is 0 Å². The Kier molecular flexibility index (Phi) is 4.25. The molecule has 1 aromatic carbocycles. The molecule has 3 nitrogen and oxygen atoms in total. The zero-order valence-corrected chi connectivity index (χ0v) is 11.6. The molecule has 1 saturated heterocycles. The van der Waals surface area contributed by atoms with Crippen molar-refractivity contribution >= 4 is 5.69 Å². The fourth-order valence-electron chi connectivity index (χ4n) is 2.76. The highest BCUT2D eigenvalue weighted by atomic mass is 16.5. The zero-order chi connectivity index (χ0) is 13.1. The summed E-state index contributed by atoms with van der Waals surface area (Å²) in [4.78, 5) is 2.34. The first kappa shape index (κ1) is 13.4. The number of likely N-dealkylation sites (N-methyl/N-ethyl adjacent to an activating group) is 1. The molecule has 1 aliphatic heterocycles. The number of nitrogens with two attached hydrogens (primary N) is 1. The predicted octanol–water partition coefficient (Wildman–Crippen LogP) is 2.11. The van der Waals surface area contributed by atoms with E-state index in [2.05, 4.69) is 44.0 Å². The van der Waals surface area contributed by atoms with Gasteiger partial charge in [0.2, 0.25) is 0 Å². The van der Waals surface area contributed by atoms with Gasteiger partial charge in [-0.3, -0.25) is 0 Å². The molecule has 100 valence electrons. The molecule has 0 amide bonds. The molecule has 2 atom stereocenters. The number of hydrogen-bond donors (Lipinski definition) is 1. The minimum atomic E-state index is 0.319. The van der Waals surface area contributed by atoms with Crippen molar-refractivity contribution in [3.8, 4) is 0 Å². The number of ether oxygens (including phenoxy) is 1. The molecule has 1 fully saturated rings. The van der Waals surface area contributed by atoms with Crippen LogP contribution >= 0.6 is 0 Å². The summed E-state index contributed by atoms with van der Waals surface area (Å²) in [5, 5.41) is 0. The van der Waals surface area contributed by atoms with Crippen molar-refractivity contribution in [1.29, 1.82) is 0 Å². The van der Waals surface area contributed by atoms with Gasteiger partial charge in [-0.25, -0.2) is 0 Å². The van der Waals surface area contributed by atoms with E-state index in [-0.39, 0.29) is 0 Å². The summed E-state index contributed by atoms with van der Waals surface area (Å²) in [5.74, 6) is 0. The Bertz CT molecular complexity index is 405. The lowest BCUT2D eigenvalue weighted by Gasteiger charge is -2.29. The van der Waals surface area contributed by atoms with Gasteiger partial charge >= 0.3 is 0 Å². The molecular formula is C15H24N2O. The standard InChI is InChI=1S/C15H24N2O/c1-11-10-14(5-4-13(11)6-8-16)17(3)15-7-9-18-12(15)2/h4-5,10,12,15H,6-9,16H2,1-3H3. The minimum Gasteiger partial charge on any atom is -0.376 e. The molecule has 0 aromatic heterocycles. The van der Waals surface area contributed by atoms with Gasteiger partial charge in [0.05, 0.1) is 12.1 Å². The maximum absolute atomic E-state index is 5.64. The van der Waals surface area contributed by atoms with Crippen molar-refractivity contribution in [3.05, 3.63) is 29.3 Å². The molecule has 0 aliphatic carbocycles. The molecule has 0 radical (unpaired) electrons. The molecule has 2 rings (SSSR count). The molecule has 18 heavy (non-hydrogen) atoms. The minimum absolute atomic E-state index is 0.319. The van der Waals surface area contributed by atoms with Crippen molar-refractivity contribution in [2.75, 3.05) is 25.1 Å². The van der Waals surface area contributed by atoms with E-state index in [0.29, 0.717) is 18.7 Å². The molecule has 0 bridgehead atoms. The van der Waals surface area contributed by atoms with Crippen LogP contribution in [-0.2, 0) is 11.2 Å². The Balaban J connectivity index is 2.15. The molecule has 0 spiro atoms. The quantitative estimate of drug-likeness (QED) is 0.887. The maximum atomic E-state index is 5.64. The van der Waals surface area contributed by atoms with E-state index in [1.807, 2.05) is 0 Å². The van der Waals surface area contributed by atoms with Crippen molar-refractivity contribution in [2.45, 2.75) is 38.8 Å². The Hall–Kier alpha value is -1.06. The number of nitrogens with zero attached hydrogens (tertiary/aromatic N) is 1. The second-order valence-corrected chi connectivity index (χ2v) is 5.19. The highest BCUT2D eigenvalue weighted by Crippen LogP contribution is 2.26. The number of anilines is 1. The highest BCUT2D eigenvalue weighted by Gasteiger charge is 2.28. The molecule has 0 saturated carbocycles. The van der Waals surface area contributed by atoms with Gasteiger partial charge in [0.25, 0.3) is 0 Å². The monoisotopic (exact) mass is 248 g/mol. The van der Waals surface area contributed by atoms with Crippen LogP contribution in [0, 0.1) is 6.92 Å². The van der Waals surface area contributed by atoms with Crippen LogP contribution in [0.15, 0.2) is 18.2 Å². The lowest BCUT2D eigenvalue weighted by Crippen LogP contribution is -2.36. The summed E-state index contributed by atoms with van der Waals surface area (Å²) < 4.78 is 5.64. The first-order valence-electron chi connectivity index (χ1n) is 6.77. The first-order valence-corrected chi connectivity index (χ1v) is 6.77. The second-order valence-electron chi connectivity index (χ2n) is 5.19. The second kappa shape index (κ2) is 5.72. The third kappa shape index (κ3) is 2.68. The van der Waals surface area contributed by atoms with Gasteiger partial charge in [0.1, 0.15) is 0 Å². The van der Waals surface area contributed by atoms with Crippen molar-refractivity contribution in [1.82, 2.24) is 0 Å². The summed E-state index contributed by atoms with van der Waals surface area (Å²) in [6.07, 6.45) is 2.39. The lowest BCUT2D eigenvalue weighted by atomic mass is 10.0. The van der Waals surface area contributed by atoms with Gasteiger partial charge in [0.15, 0.2) is 0 Å². The average molecular weight is 248 g/mol. The third-order valence-corrected chi connectivity index (χ3v) is 3.98. The SMILES string of the molecule is Cc1cc(N(C)C2CCOC2C)ccc1CCN. The van der Waals surface area contributed by atoms with Crippen LogP contribution < -0.4 is 10.6 Å². The van der Waals surface area contributed by atoms with E-state index in [4.69, 9.17) is 10.5 Å². The Morgan fingerprint density at radius 3 is 2.78 bits per heavy atom. The van der Waals surface area contributed by atoms with Gasteiger partial charge in [-0.2, -0.15) is 0 Å². The van der Waals surface area contributed by atoms with Gasteiger partial charge in [0, 0.05) is 19.3 Å². The van der Waals surface area contributed by atoms with Crippen LogP contribution in [0.2, 0.25) is 0 Å². The summed E-state index contributed by atoms with van der Waals surface area (Å²) >= 11 is 0. The van der Waals surface area contributed by atoms with Crippen LogP contribution in [0.4, 0.5) is 5.69 Å². The normalized spacial score (nSPS) is 23.3. The molecule has 1 heterocycles. The van der Waals surface area contributed by atoms with Crippen molar-refractivity contribution in [2.24, 2.45) is 5.73 Å². The Morgan fingerprint density at radius 1 is 1.44 bits per heavy atom. The van der Waals surface area contributed by atoms with Crippen LogP contribution in [0.25, 0.3) is 0 Å². The first-order chi connectivity index (χ1) is 8.63. The number of aryl methyl sites for hydroxylation is 1. The van der Waals surface area contributed by atoms with Crippen LogP contribution in [0.5, 0.6) is 0 Å². The third-order valence-electron chi connectivity index (χ3n) is 3.98. The molecule has 2 N–H and O–H groups in total. The number of benzene rings is 1. The van der Waals surface area contributed by atoms with Crippen LogP contribution in [-0.4, -0.2) is 32.3 Å². The fraction of sp³-hybridized carbons (Fsp3) is 0.600. The van der Waals surface area contributed by atoms with Gasteiger partial charge in [-0.1, -0.05) is 6.07 Å². The van der Waals surface area contributed by atoms with Crippen molar-refractivity contribution < 1.29 is 4.74 Å². The Morgan fingerprint density at radius 2 is 2.22 bits per heavy atom. The average Bonchev–Trinajstić information content (AvgIpc) is 2.77. The largest absolute Gasteiger partial charge is 0.376 e. The molecule has 2 unspecified atom stereocenters.